The molecule has 1 rings (SSSR count). The Labute approximate surface area is 101 Å². The van der Waals surface area contributed by atoms with Gasteiger partial charge in [-0.2, -0.15) is 5.26 Å². The van der Waals surface area contributed by atoms with Crippen LogP contribution in [0.25, 0.3) is 0 Å². The summed E-state index contributed by atoms with van der Waals surface area (Å²) in [5, 5.41) is 11.6. The molecule has 0 saturated carbocycles. The zero-order valence-corrected chi connectivity index (χ0v) is 10.0. The molecule has 17 heavy (non-hydrogen) atoms. The van der Waals surface area contributed by atoms with Gasteiger partial charge in [0, 0.05) is 6.42 Å². The molecule has 1 aromatic carbocycles. The maximum atomic E-state index is 13.3. The van der Waals surface area contributed by atoms with Crippen molar-refractivity contribution < 1.29 is 9.13 Å². The van der Waals surface area contributed by atoms with E-state index in [2.05, 4.69) is 11.4 Å². The molecule has 1 N–H and O–H groups in total. The van der Waals surface area contributed by atoms with Gasteiger partial charge in [-0.15, -0.1) is 0 Å². The van der Waals surface area contributed by atoms with Crippen molar-refractivity contribution in [1.29, 1.82) is 5.26 Å². The predicted molar refractivity (Wildman–Crippen MR) is 64.4 cm³/mol. The van der Waals surface area contributed by atoms with Crippen molar-refractivity contribution in [3.05, 3.63) is 29.6 Å². The molecule has 0 unspecified atom stereocenters. The van der Waals surface area contributed by atoms with Gasteiger partial charge in [0.05, 0.1) is 13.2 Å². The molecule has 0 spiro atoms. The number of unbranched alkanes of at least 4 members (excludes halogenated alkanes) is 1. The number of hydrogen-bond acceptors (Lipinski definition) is 3. The average molecular weight is 236 g/mol. The van der Waals surface area contributed by atoms with E-state index in [9.17, 15) is 4.39 Å². The number of nitriles is 1. The smallest absolute Gasteiger partial charge is 0.165 e. The minimum absolute atomic E-state index is 0.274. The average Bonchev–Trinajstić information content (AvgIpc) is 2.34. The van der Waals surface area contributed by atoms with Crippen molar-refractivity contribution in [2.45, 2.75) is 19.3 Å². The van der Waals surface area contributed by atoms with E-state index >= 15 is 0 Å². The highest BCUT2D eigenvalue weighted by atomic mass is 19.1. The summed E-state index contributed by atoms with van der Waals surface area (Å²) in [7, 11) is 1.45. The normalized spacial score (nSPS) is 9.94. The van der Waals surface area contributed by atoms with Crippen LogP contribution in [0.1, 0.15) is 18.4 Å². The lowest BCUT2D eigenvalue weighted by atomic mass is 10.1. The lowest BCUT2D eigenvalue weighted by Gasteiger charge is -2.06. The summed E-state index contributed by atoms with van der Waals surface area (Å²) in [6.45, 7) is 1.61. The molecular weight excluding hydrogens is 219 g/mol. The number of halogens is 1. The van der Waals surface area contributed by atoms with Gasteiger partial charge in [-0.3, -0.25) is 0 Å². The van der Waals surface area contributed by atoms with Gasteiger partial charge in [-0.05, 0) is 43.6 Å². The zero-order chi connectivity index (χ0) is 12.5. The minimum atomic E-state index is -0.325. The quantitative estimate of drug-likeness (QED) is 0.739. The number of ether oxygens (including phenoxy) is 1. The molecule has 1 aromatic rings. The molecule has 0 aliphatic carbocycles. The van der Waals surface area contributed by atoms with Gasteiger partial charge in [0.15, 0.2) is 11.6 Å². The van der Waals surface area contributed by atoms with Crippen LogP contribution < -0.4 is 10.1 Å². The molecule has 4 heteroatoms. The number of benzene rings is 1. The number of hydrogen-bond donors (Lipinski definition) is 1. The predicted octanol–water partition coefficient (Wildman–Crippen LogP) is 2.27. The van der Waals surface area contributed by atoms with E-state index in [1.807, 2.05) is 6.07 Å². The number of rotatable bonds is 7. The first kappa shape index (κ1) is 13.5. The van der Waals surface area contributed by atoms with E-state index in [-0.39, 0.29) is 11.6 Å². The minimum Gasteiger partial charge on any atom is -0.494 e. The van der Waals surface area contributed by atoms with Crippen molar-refractivity contribution in [2.75, 3.05) is 20.2 Å². The summed E-state index contributed by atoms with van der Waals surface area (Å²) in [6.07, 6.45) is 2.20. The maximum absolute atomic E-state index is 13.3. The third-order valence-electron chi connectivity index (χ3n) is 2.45. The van der Waals surface area contributed by atoms with E-state index in [0.717, 1.165) is 31.5 Å². The van der Waals surface area contributed by atoms with Crippen molar-refractivity contribution in [2.24, 2.45) is 0 Å². The van der Waals surface area contributed by atoms with Crippen LogP contribution in [0.4, 0.5) is 4.39 Å². The van der Waals surface area contributed by atoms with Crippen molar-refractivity contribution in [3.63, 3.8) is 0 Å². The van der Waals surface area contributed by atoms with Gasteiger partial charge in [0.25, 0.3) is 0 Å². The van der Waals surface area contributed by atoms with Crippen LogP contribution >= 0.6 is 0 Å². The van der Waals surface area contributed by atoms with Crippen LogP contribution in [0.15, 0.2) is 18.2 Å². The van der Waals surface area contributed by atoms with E-state index in [0.29, 0.717) is 6.42 Å². The molecule has 0 saturated heterocycles. The summed E-state index contributed by atoms with van der Waals surface area (Å²) < 4.78 is 18.2. The van der Waals surface area contributed by atoms with Crippen LogP contribution in [0, 0.1) is 17.1 Å². The second-order valence-electron chi connectivity index (χ2n) is 3.73. The first-order valence-electron chi connectivity index (χ1n) is 5.68. The van der Waals surface area contributed by atoms with Crippen LogP contribution in [0.2, 0.25) is 0 Å². The molecular formula is C13H17FN2O. The highest BCUT2D eigenvalue weighted by Gasteiger charge is 2.02. The fraction of sp³-hybridized carbons (Fsp3) is 0.462. The molecule has 0 amide bonds. The van der Waals surface area contributed by atoms with E-state index in [4.69, 9.17) is 10.00 Å². The van der Waals surface area contributed by atoms with E-state index < -0.39 is 0 Å². The van der Waals surface area contributed by atoms with Gasteiger partial charge in [0.2, 0.25) is 0 Å². The highest BCUT2D eigenvalue weighted by Crippen LogP contribution is 2.17. The third-order valence-corrected chi connectivity index (χ3v) is 2.45. The van der Waals surface area contributed by atoms with Gasteiger partial charge < -0.3 is 10.1 Å². The number of nitrogens with zero attached hydrogens (tertiary/aromatic N) is 1. The molecule has 0 aromatic heterocycles. The topological polar surface area (TPSA) is 45.0 Å². The van der Waals surface area contributed by atoms with Crippen LogP contribution in [0.3, 0.4) is 0 Å². The molecule has 0 radical (unpaired) electrons. The number of nitrogens with one attached hydrogen (secondary N) is 1. The van der Waals surface area contributed by atoms with E-state index in [1.54, 1.807) is 6.07 Å². The molecule has 92 valence electrons. The molecule has 3 nitrogen and oxygen atoms in total. The van der Waals surface area contributed by atoms with Gasteiger partial charge in [-0.25, -0.2) is 4.39 Å². The van der Waals surface area contributed by atoms with Crippen LogP contribution in [0.5, 0.6) is 5.75 Å². The van der Waals surface area contributed by atoms with Gasteiger partial charge in [-0.1, -0.05) is 6.07 Å². The Bertz CT molecular complexity index is 387. The lowest BCUT2D eigenvalue weighted by molar-refractivity contribution is 0.386. The van der Waals surface area contributed by atoms with Crippen molar-refractivity contribution in [3.8, 4) is 11.8 Å². The summed E-state index contributed by atoms with van der Waals surface area (Å²) in [4.78, 5) is 0. The monoisotopic (exact) mass is 236 g/mol. The standard InChI is InChI=1S/C13H17FN2O/c1-17-13-5-4-11(10-12(13)14)6-9-16-8-3-2-7-15/h4-5,10,16H,2-3,6,8-9H2,1H3. The van der Waals surface area contributed by atoms with Crippen LogP contribution in [-0.4, -0.2) is 20.2 Å². The molecule has 0 heterocycles. The Hall–Kier alpha value is -1.60. The lowest BCUT2D eigenvalue weighted by Crippen LogP contribution is -2.18. The Morgan fingerprint density at radius 2 is 2.24 bits per heavy atom. The molecule has 0 aliphatic heterocycles. The number of methoxy groups -OCH3 is 1. The second-order valence-corrected chi connectivity index (χ2v) is 3.73. The zero-order valence-electron chi connectivity index (χ0n) is 10.0. The van der Waals surface area contributed by atoms with E-state index in [1.165, 1.54) is 13.2 Å². The molecule has 0 bridgehead atoms. The first-order chi connectivity index (χ1) is 8.27. The second kappa shape index (κ2) is 7.64. The summed E-state index contributed by atoms with van der Waals surface area (Å²) in [6, 6.07) is 7.09. The highest BCUT2D eigenvalue weighted by molar-refractivity contribution is 5.29. The third kappa shape index (κ3) is 4.83. The molecule has 0 aliphatic rings. The van der Waals surface area contributed by atoms with Gasteiger partial charge in [0.1, 0.15) is 0 Å². The van der Waals surface area contributed by atoms with Crippen molar-refractivity contribution >= 4 is 0 Å². The summed E-state index contributed by atoms with van der Waals surface area (Å²) >= 11 is 0. The largest absolute Gasteiger partial charge is 0.494 e. The Kier molecular flexibility index (Phi) is 6.05. The molecule has 0 fully saturated rings. The SMILES string of the molecule is COc1ccc(CCNCCCC#N)cc1F. The Balaban J connectivity index is 2.28. The summed E-state index contributed by atoms with van der Waals surface area (Å²) in [5.41, 5.74) is 0.941. The first-order valence-corrected chi connectivity index (χ1v) is 5.68. The Morgan fingerprint density at radius 3 is 2.88 bits per heavy atom. The maximum Gasteiger partial charge on any atom is 0.165 e. The molecule has 0 atom stereocenters. The summed E-state index contributed by atoms with van der Waals surface area (Å²) in [5.74, 6) is -0.0507. The van der Waals surface area contributed by atoms with Crippen molar-refractivity contribution in [1.82, 2.24) is 5.32 Å². The Morgan fingerprint density at radius 1 is 1.41 bits per heavy atom. The van der Waals surface area contributed by atoms with Gasteiger partial charge >= 0.3 is 0 Å². The van der Waals surface area contributed by atoms with Crippen LogP contribution in [-0.2, 0) is 6.42 Å². The fourth-order valence-electron chi connectivity index (χ4n) is 1.52. The fourth-order valence-corrected chi connectivity index (χ4v) is 1.52.